The lowest BCUT2D eigenvalue weighted by Crippen LogP contribution is -2.04. The van der Waals surface area contributed by atoms with E-state index < -0.39 is 5.97 Å². The van der Waals surface area contributed by atoms with Gasteiger partial charge in [-0.1, -0.05) is 11.3 Å². The van der Waals surface area contributed by atoms with Crippen LogP contribution in [0.1, 0.15) is 28.9 Å². The molecule has 0 unspecified atom stereocenters. The van der Waals surface area contributed by atoms with Crippen molar-refractivity contribution >= 4 is 22.6 Å². The predicted octanol–water partition coefficient (Wildman–Crippen LogP) is 2.55. The molecule has 3 aromatic rings. The fourth-order valence-corrected chi connectivity index (χ4v) is 2.71. The van der Waals surface area contributed by atoms with E-state index in [1.165, 1.54) is 12.8 Å². The summed E-state index contributed by atoms with van der Waals surface area (Å²) in [6.07, 6.45) is 6.17. The van der Waals surface area contributed by atoms with Crippen LogP contribution in [0.4, 0.5) is 5.69 Å². The molecule has 0 amide bonds. The number of rotatable bonds is 6. The molecule has 24 heavy (non-hydrogen) atoms. The van der Waals surface area contributed by atoms with E-state index in [2.05, 4.69) is 20.6 Å². The predicted molar refractivity (Wildman–Crippen MR) is 88.8 cm³/mol. The molecule has 4 rings (SSSR count). The second-order valence-corrected chi connectivity index (χ2v) is 6.13. The van der Waals surface area contributed by atoms with Gasteiger partial charge in [-0.15, -0.1) is 5.10 Å². The van der Waals surface area contributed by atoms with Gasteiger partial charge < -0.3 is 10.4 Å². The van der Waals surface area contributed by atoms with E-state index in [1.54, 1.807) is 24.4 Å². The van der Waals surface area contributed by atoms with Crippen molar-refractivity contribution in [3.05, 3.63) is 47.9 Å². The lowest BCUT2D eigenvalue weighted by molar-refractivity contribution is 0.0697. The number of nitrogens with zero attached hydrogens (tertiary/aromatic N) is 4. The van der Waals surface area contributed by atoms with Crippen molar-refractivity contribution in [2.45, 2.75) is 25.9 Å². The molecule has 0 radical (unpaired) electrons. The van der Waals surface area contributed by atoms with Gasteiger partial charge in [0, 0.05) is 18.1 Å². The molecular formula is C17H17N5O2. The smallest absolute Gasteiger partial charge is 0.335 e. The molecule has 7 heteroatoms. The second kappa shape index (κ2) is 5.92. The number of hydrogen-bond acceptors (Lipinski definition) is 5. The maximum absolute atomic E-state index is 11.3. The van der Waals surface area contributed by atoms with Crippen molar-refractivity contribution in [1.82, 2.24) is 20.0 Å². The zero-order valence-electron chi connectivity index (χ0n) is 13.0. The van der Waals surface area contributed by atoms with Crippen molar-refractivity contribution in [3.8, 4) is 0 Å². The first-order valence-electron chi connectivity index (χ1n) is 7.94. The van der Waals surface area contributed by atoms with Crippen LogP contribution in [0.2, 0.25) is 0 Å². The number of pyridine rings is 1. The van der Waals surface area contributed by atoms with Crippen molar-refractivity contribution in [2.75, 3.05) is 5.32 Å². The number of carboxylic acid groups (broad SMARTS) is 1. The van der Waals surface area contributed by atoms with Gasteiger partial charge in [-0.3, -0.25) is 9.67 Å². The number of anilines is 1. The van der Waals surface area contributed by atoms with E-state index in [-0.39, 0.29) is 5.56 Å². The fraction of sp³-hybridized carbons (Fsp3) is 0.294. The summed E-state index contributed by atoms with van der Waals surface area (Å²) in [5.74, 6) is -0.216. The van der Waals surface area contributed by atoms with E-state index in [1.807, 2.05) is 16.9 Å². The maximum Gasteiger partial charge on any atom is 0.335 e. The Labute approximate surface area is 138 Å². The minimum atomic E-state index is -0.959. The highest BCUT2D eigenvalue weighted by molar-refractivity contribution is 5.99. The standard InChI is InChI=1S/C17H17N5O2/c23-17(24)13-6-12-2-1-5-18-16(12)15(7-13)19-8-14-10-22(21-20-14)9-11-3-4-11/h1-2,5-7,10-11,19H,3-4,8-9H2,(H,23,24). The topological polar surface area (TPSA) is 92.9 Å². The monoisotopic (exact) mass is 323 g/mol. The number of carboxylic acids is 1. The molecule has 0 atom stereocenters. The van der Waals surface area contributed by atoms with Crippen LogP contribution in [-0.2, 0) is 13.1 Å². The van der Waals surface area contributed by atoms with Crippen molar-refractivity contribution in [1.29, 1.82) is 0 Å². The maximum atomic E-state index is 11.3. The van der Waals surface area contributed by atoms with E-state index in [0.29, 0.717) is 12.2 Å². The third kappa shape index (κ3) is 3.05. The largest absolute Gasteiger partial charge is 0.478 e. The SMILES string of the molecule is O=C(O)c1cc(NCc2cn(CC3CC3)nn2)c2ncccc2c1. The molecule has 0 saturated heterocycles. The van der Waals surface area contributed by atoms with Crippen LogP contribution in [0, 0.1) is 5.92 Å². The number of benzene rings is 1. The van der Waals surface area contributed by atoms with Gasteiger partial charge in [0.1, 0.15) is 5.69 Å². The summed E-state index contributed by atoms with van der Waals surface area (Å²) in [4.78, 5) is 15.7. The van der Waals surface area contributed by atoms with Gasteiger partial charge in [-0.05, 0) is 37.0 Å². The average Bonchev–Trinajstić information content (AvgIpc) is 3.29. The van der Waals surface area contributed by atoms with Crippen LogP contribution >= 0.6 is 0 Å². The van der Waals surface area contributed by atoms with Gasteiger partial charge in [0.05, 0.1) is 29.5 Å². The first kappa shape index (κ1) is 14.6. The number of aromatic nitrogens is 4. The molecule has 7 nitrogen and oxygen atoms in total. The van der Waals surface area contributed by atoms with Crippen molar-refractivity contribution in [3.63, 3.8) is 0 Å². The molecule has 2 heterocycles. The summed E-state index contributed by atoms with van der Waals surface area (Å²) in [6, 6.07) is 6.88. The molecule has 1 saturated carbocycles. The van der Waals surface area contributed by atoms with Crippen LogP contribution in [0.15, 0.2) is 36.7 Å². The summed E-state index contributed by atoms with van der Waals surface area (Å²) >= 11 is 0. The Hall–Kier alpha value is -2.96. The normalized spacial score (nSPS) is 14.0. The Kier molecular flexibility index (Phi) is 3.60. The molecule has 122 valence electrons. The molecule has 1 fully saturated rings. The van der Waals surface area contributed by atoms with E-state index in [0.717, 1.165) is 29.1 Å². The summed E-state index contributed by atoms with van der Waals surface area (Å²) in [5, 5.41) is 21.6. The zero-order chi connectivity index (χ0) is 16.5. The van der Waals surface area contributed by atoms with Gasteiger partial charge >= 0.3 is 5.97 Å². The highest BCUT2D eigenvalue weighted by Gasteiger charge is 2.22. The minimum Gasteiger partial charge on any atom is -0.478 e. The Balaban J connectivity index is 1.56. The summed E-state index contributed by atoms with van der Waals surface area (Å²) < 4.78 is 1.87. The van der Waals surface area contributed by atoms with Crippen molar-refractivity contribution in [2.24, 2.45) is 5.92 Å². The lowest BCUT2D eigenvalue weighted by Gasteiger charge is -2.09. The molecule has 2 aromatic heterocycles. The third-order valence-electron chi connectivity index (χ3n) is 4.14. The number of aromatic carboxylic acids is 1. The fourth-order valence-electron chi connectivity index (χ4n) is 2.71. The molecule has 0 spiro atoms. The highest BCUT2D eigenvalue weighted by atomic mass is 16.4. The quantitative estimate of drug-likeness (QED) is 0.724. The Bertz CT molecular complexity index is 901. The molecular weight excluding hydrogens is 306 g/mol. The van der Waals surface area contributed by atoms with Gasteiger partial charge in [0.15, 0.2) is 0 Å². The summed E-state index contributed by atoms with van der Waals surface area (Å²) in [6.45, 7) is 1.39. The summed E-state index contributed by atoms with van der Waals surface area (Å²) in [5.41, 5.74) is 2.48. The first-order valence-corrected chi connectivity index (χ1v) is 7.94. The Morgan fingerprint density at radius 3 is 3.04 bits per heavy atom. The van der Waals surface area contributed by atoms with E-state index in [9.17, 15) is 9.90 Å². The van der Waals surface area contributed by atoms with E-state index >= 15 is 0 Å². The molecule has 2 N–H and O–H groups in total. The molecule has 1 aliphatic carbocycles. The molecule has 0 aliphatic heterocycles. The van der Waals surface area contributed by atoms with Crippen LogP contribution in [-0.4, -0.2) is 31.1 Å². The number of carbonyl (C=O) groups is 1. The Morgan fingerprint density at radius 2 is 2.25 bits per heavy atom. The summed E-state index contributed by atoms with van der Waals surface area (Å²) in [7, 11) is 0. The average molecular weight is 323 g/mol. The molecule has 1 aromatic carbocycles. The third-order valence-corrected chi connectivity index (χ3v) is 4.14. The first-order chi connectivity index (χ1) is 11.7. The second-order valence-electron chi connectivity index (χ2n) is 6.13. The van der Waals surface area contributed by atoms with Crippen LogP contribution in [0.3, 0.4) is 0 Å². The number of fused-ring (bicyclic) bond motifs is 1. The van der Waals surface area contributed by atoms with Gasteiger partial charge in [0.2, 0.25) is 0 Å². The van der Waals surface area contributed by atoms with E-state index in [4.69, 9.17) is 0 Å². The van der Waals surface area contributed by atoms with Crippen LogP contribution < -0.4 is 5.32 Å². The highest BCUT2D eigenvalue weighted by Crippen LogP contribution is 2.30. The molecule has 1 aliphatic rings. The van der Waals surface area contributed by atoms with Crippen molar-refractivity contribution < 1.29 is 9.90 Å². The van der Waals surface area contributed by atoms with Gasteiger partial charge in [-0.25, -0.2) is 4.79 Å². The lowest BCUT2D eigenvalue weighted by atomic mass is 10.1. The van der Waals surface area contributed by atoms with Crippen LogP contribution in [0.5, 0.6) is 0 Å². The minimum absolute atomic E-state index is 0.232. The van der Waals surface area contributed by atoms with Gasteiger partial charge in [-0.2, -0.15) is 0 Å². The van der Waals surface area contributed by atoms with Gasteiger partial charge in [0.25, 0.3) is 0 Å². The Morgan fingerprint density at radius 1 is 1.38 bits per heavy atom. The number of nitrogens with one attached hydrogen (secondary N) is 1. The van der Waals surface area contributed by atoms with Crippen LogP contribution in [0.25, 0.3) is 10.9 Å². The molecule has 0 bridgehead atoms. The zero-order valence-corrected chi connectivity index (χ0v) is 13.0. The number of hydrogen-bond donors (Lipinski definition) is 2.